The van der Waals surface area contributed by atoms with Gasteiger partial charge in [0.25, 0.3) is 11.7 Å². The standard InChI is InChI=1S/C26H16F2N2O3/c27-18-10-11-19(28)21(14-18)30-23(20-7-3-4-12-29-20)22(25(32)26(30)33)24(31)17-9-8-15-5-1-2-6-16(15)13-17/h1-14,23,31H/b24-22-. The van der Waals surface area contributed by atoms with Crippen LogP contribution in [0.5, 0.6) is 0 Å². The molecule has 33 heavy (non-hydrogen) atoms. The zero-order valence-electron chi connectivity index (χ0n) is 17.1. The van der Waals surface area contributed by atoms with Crippen molar-refractivity contribution in [3.8, 4) is 0 Å². The van der Waals surface area contributed by atoms with Gasteiger partial charge >= 0.3 is 0 Å². The van der Waals surface area contributed by atoms with Crippen molar-refractivity contribution in [2.75, 3.05) is 4.90 Å². The molecule has 5 rings (SSSR count). The summed E-state index contributed by atoms with van der Waals surface area (Å²) in [4.78, 5) is 31.2. The van der Waals surface area contributed by atoms with E-state index in [0.717, 1.165) is 33.9 Å². The monoisotopic (exact) mass is 442 g/mol. The van der Waals surface area contributed by atoms with Gasteiger partial charge in [0, 0.05) is 17.8 Å². The molecule has 1 unspecified atom stereocenters. The molecule has 2 heterocycles. The van der Waals surface area contributed by atoms with Gasteiger partial charge in [-0.05, 0) is 41.1 Å². The first kappa shape index (κ1) is 20.5. The molecular weight excluding hydrogens is 426 g/mol. The lowest BCUT2D eigenvalue weighted by Gasteiger charge is -2.25. The summed E-state index contributed by atoms with van der Waals surface area (Å²) in [7, 11) is 0. The Balaban J connectivity index is 1.75. The van der Waals surface area contributed by atoms with E-state index in [1.807, 2.05) is 24.3 Å². The van der Waals surface area contributed by atoms with Gasteiger partial charge in [-0.15, -0.1) is 0 Å². The summed E-state index contributed by atoms with van der Waals surface area (Å²) in [5, 5.41) is 12.9. The predicted octanol–water partition coefficient (Wildman–Crippen LogP) is 5.14. The molecule has 1 amide bonds. The second kappa shape index (κ2) is 7.94. The summed E-state index contributed by atoms with van der Waals surface area (Å²) >= 11 is 0. The van der Waals surface area contributed by atoms with Gasteiger partial charge in [-0.2, -0.15) is 0 Å². The van der Waals surface area contributed by atoms with E-state index in [1.54, 1.807) is 36.4 Å². The molecule has 0 saturated carbocycles. The van der Waals surface area contributed by atoms with Crippen LogP contribution in [-0.2, 0) is 9.59 Å². The van der Waals surface area contributed by atoms with E-state index < -0.39 is 40.8 Å². The number of anilines is 1. The first-order valence-electron chi connectivity index (χ1n) is 10.1. The molecule has 3 aromatic carbocycles. The van der Waals surface area contributed by atoms with Crippen molar-refractivity contribution < 1.29 is 23.5 Å². The van der Waals surface area contributed by atoms with Crippen LogP contribution in [0.2, 0.25) is 0 Å². The van der Waals surface area contributed by atoms with Gasteiger partial charge in [0.1, 0.15) is 23.4 Å². The van der Waals surface area contributed by atoms with E-state index in [2.05, 4.69) is 4.98 Å². The number of benzene rings is 3. The number of carbonyl (C=O) groups is 2. The SMILES string of the molecule is O=C1C(=O)N(c2cc(F)ccc2F)C(c2ccccn2)/C1=C(/O)c1ccc2ccccc2c1. The summed E-state index contributed by atoms with van der Waals surface area (Å²) in [6, 6.07) is 18.8. The van der Waals surface area contributed by atoms with Gasteiger partial charge in [-0.3, -0.25) is 19.5 Å². The topological polar surface area (TPSA) is 70.5 Å². The minimum Gasteiger partial charge on any atom is -0.507 e. The highest BCUT2D eigenvalue weighted by atomic mass is 19.1. The summed E-state index contributed by atoms with van der Waals surface area (Å²) in [5.41, 5.74) is -0.127. The molecule has 1 aliphatic rings. The average molecular weight is 442 g/mol. The zero-order valence-corrected chi connectivity index (χ0v) is 17.1. The van der Waals surface area contributed by atoms with Crippen molar-refractivity contribution >= 4 is 33.9 Å². The van der Waals surface area contributed by atoms with E-state index in [0.29, 0.717) is 5.56 Å². The lowest BCUT2D eigenvalue weighted by molar-refractivity contribution is -0.132. The number of amides is 1. The molecule has 1 fully saturated rings. The van der Waals surface area contributed by atoms with Crippen molar-refractivity contribution in [2.24, 2.45) is 0 Å². The van der Waals surface area contributed by atoms with Crippen LogP contribution in [0.15, 0.2) is 90.6 Å². The third-order valence-electron chi connectivity index (χ3n) is 5.60. The molecule has 162 valence electrons. The Morgan fingerprint density at radius 3 is 2.39 bits per heavy atom. The highest BCUT2D eigenvalue weighted by Crippen LogP contribution is 2.42. The highest BCUT2D eigenvalue weighted by molar-refractivity contribution is 6.51. The quantitative estimate of drug-likeness (QED) is 0.271. The Morgan fingerprint density at radius 2 is 1.64 bits per heavy atom. The minimum absolute atomic E-state index is 0.225. The summed E-state index contributed by atoms with van der Waals surface area (Å²) < 4.78 is 28.6. The largest absolute Gasteiger partial charge is 0.507 e. The van der Waals surface area contributed by atoms with Crippen molar-refractivity contribution in [1.29, 1.82) is 0 Å². The van der Waals surface area contributed by atoms with Gasteiger partial charge in [0.15, 0.2) is 0 Å². The molecule has 4 aromatic rings. The number of aliphatic hydroxyl groups is 1. The number of carbonyl (C=O) groups excluding carboxylic acids is 2. The average Bonchev–Trinajstić information content (AvgIpc) is 3.10. The number of pyridine rings is 1. The van der Waals surface area contributed by atoms with Crippen LogP contribution in [0.3, 0.4) is 0 Å². The lowest BCUT2D eigenvalue weighted by atomic mass is 9.97. The second-order valence-electron chi connectivity index (χ2n) is 7.58. The smallest absolute Gasteiger partial charge is 0.300 e. The number of hydrogen-bond donors (Lipinski definition) is 1. The Kier molecular flexibility index (Phi) is 4.94. The van der Waals surface area contributed by atoms with Crippen LogP contribution in [0, 0.1) is 11.6 Å². The fourth-order valence-corrected chi connectivity index (χ4v) is 4.06. The molecule has 0 bridgehead atoms. The zero-order chi connectivity index (χ0) is 23.1. The van der Waals surface area contributed by atoms with Gasteiger partial charge < -0.3 is 5.11 Å². The second-order valence-corrected chi connectivity index (χ2v) is 7.58. The third-order valence-corrected chi connectivity index (χ3v) is 5.60. The molecule has 0 spiro atoms. The van der Waals surface area contributed by atoms with Gasteiger partial charge in [0.2, 0.25) is 0 Å². The van der Waals surface area contributed by atoms with Crippen LogP contribution in [0.4, 0.5) is 14.5 Å². The Morgan fingerprint density at radius 1 is 0.879 bits per heavy atom. The Hall–Kier alpha value is -4.39. The van der Waals surface area contributed by atoms with E-state index in [1.165, 1.54) is 6.20 Å². The first-order chi connectivity index (χ1) is 16.0. The van der Waals surface area contributed by atoms with Crippen LogP contribution in [0.1, 0.15) is 17.3 Å². The highest BCUT2D eigenvalue weighted by Gasteiger charge is 2.48. The number of aliphatic hydroxyl groups excluding tert-OH is 1. The fraction of sp³-hybridized carbons (Fsp3) is 0.0385. The molecule has 5 nitrogen and oxygen atoms in total. The maximum absolute atomic E-state index is 14.7. The molecular formula is C26H16F2N2O3. The molecule has 1 aliphatic heterocycles. The Labute approximate surface area is 187 Å². The number of hydrogen-bond acceptors (Lipinski definition) is 4. The third kappa shape index (κ3) is 3.43. The number of Topliss-reactive ketones (excluding diaryl/α,β-unsaturated/α-hetero) is 1. The van der Waals surface area contributed by atoms with E-state index >= 15 is 0 Å². The Bertz CT molecular complexity index is 1450. The van der Waals surface area contributed by atoms with E-state index in [-0.39, 0.29) is 11.3 Å². The van der Waals surface area contributed by atoms with Crippen molar-refractivity contribution in [3.05, 3.63) is 114 Å². The van der Waals surface area contributed by atoms with Gasteiger partial charge in [0.05, 0.1) is 17.0 Å². The number of nitrogens with zero attached hydrogens (tertiary/aromatic N) is 2. The van der Waals surface area contributed by atoms with Crippen LogP contribution < -0.4 is 4.90 Å². The van der Waals surface area contributed by atoms with E-state index in [9.17, 15) is 23.5 Å². The molecule has 1 N–H and O–H groups in total. The van der Waals surface area contributed by atoms with Crippen LogP contribution in [-0.4, -0.2) is 21.8 Å². The van der Waals surface area contributed by atoms with Crippen molar-refractivity contribution in [2.45, 2.75) is 6.04 Å². The maximum Gasteiger partial charge on any atom is 0.300 e. The fourth-order valence-electron chi connectivity index (χ4n) is 4.06. The summed E-state index contributed by atoms with van der Waals surface area (Å²) in [6.45, 7) is 0. The molecule has 1 atom stereocenters. The summed E-state index contributed by atoms with van der Waals surface area (Å²) in [6.07, 6.45) is 1.45. The first-order valence-corrected chi connectivity index (χ1v) is 10.1. The molecule has 1 saturated heterocycles. The number of fused-ring (bicyclic) bond motifs is 1. The van der Waals surface area contributed by atoms with Crippen LogP contribution >= 0.6 is 0 Å². The molecule has 0 aliphatic carbocycles. The summed E-state index contributed by atoms with van der Waals surface area (Å²) in [5.74, 6) is -4.18. The number of aromatic nitrogens is 1. The minimum atomic E-state index is -1.24. The number of halogens is 2. The van der Waals surface area contributed by atoms with Crippen molar-refractivity contribution in [1.82, 2.24) is 4.98 Å². The maximum atomic E-state index is 14.7. The van der Waals surface area contributed by atoms with Crippen molar-refractivity contribution in [3.63, 3.8) is 0 Å². The van der Waals surface area contributed by atoms with Gasteiger partial charge in [-0.1, -0.05) is 42.5 Å². The van der Waals surface area contributed by atoms with Gasteiger partial charge in [-0.25, -0.2) is 8.78 Å². The molecule has 1 aromatic heterocycles. The van der Waals surface area contributed by atoms with E-state index in [4.69, 9.17) is 0 Å². The molecule has 0 radical (unpaired) electrons. The molecule has 7 heteroatoms. The normalized spacial score (nSPS) is 17.6. The number of ketones is 1. The number of rotatable bonds is 3. The lowest BCUT2D eigenvalue weighted by Crippen LogP contribution is -2.30. The predicted molar refractivity (Wildman–Crippen MR) is 119 cm³/mol. The van der Waals surface area contributed by atoms with Crippen LogP contribution in [0.25, 0.3) is 16.5 Å².